The van der Waals surface area contributed by atoms with Crippen LogP contribution in [0.15, 0.2) is 53.1 Å². The van der Waals surface area contributed by atoms with Crippen molar-refractivity contribution in [1.82, 2.24) is 15.0 Å². The molecule has 0 N–H and O–H groups in total. The van der Waals surface area contributed by atoms with E-state index in [9.17, 15) is 4.39 Å². The summed E-state index contributed by atoms with van der Waals surface area (Å²) in [5, 5.41) is 3.97. The summed E-state index contributed by atoms with van der Waals surface area (Å²) in [5.74, 6) is 1.29. The topological polar surface area (TPSA) is 60.6 Å². The standard InChI is InChI=1S/C21H20FN3O3/c22-16-5-7-17(8-6-16)26-13-19-23-20(28-24-19)11-25-10-9-21(14-25)18-4-2-1-3-15(18)12-27-21/h1-8H,9-14H2. The summed E-state index contributed by atoms with van der Waals surface area (Å²) in [6.45, 7) is 3.16. The third-order valence-electron chi connectivity index (χ3n) is 5.37. The predicted octanol–water partition coefficient (Wildman–Crippen LogP) is 3.42. The lowest BCUT2D eigenvalue weighted by atomic mass is 9.92. The Bertz CT molecular complexity index is 975. The molecule has 3 aromatic rings. The van der Waals surface area contributed by atoms with Gasteiger partial charge in [-0.1, -0.05) is 29.4 Å². The molecule has 2 aliphatic rings. The summed E-state index contributed by atoms with van der Waals surface area (Å²) < 4.78 is 30.0. The van der Waals surface area contributed by atoms with Gasteiger partial charge in [0, 0.05) is 13.1 Å². The molecule has 2 aliphatic heterocycles. The Morgan fingerprint density at radius 1 is 1.14 bits per heavy atom. The molecule has 0 radical (unpaired) electrons. The van der Waals surface area contributed by atoms with Gasteiger partial charge in [0.05, 0.1) is 13.2 Å². The number of hydrogen-bond donors (Lipinski definition) is 0. The van der Waals surface area contributed by atoms with Crippen LogP contribution in [-0.4, -0.2) is 28.1 Å². The van der Waals surface area contributed by atoms with E-state index in [1.54, 1.807) is 12.1 Å². The van der Waals surface area contributed by atoms with Gasteiger partial charge >= 0.3 is 0 Å². The number of ether oxygens (including phenoxy) is 2. The van der Waals surface area contributed by atoms with Crippen molar-refractivity contribution in [2.24, 2.45) is 0 Å². The highest BCUT2D eigenvalue weighted by Crippen LogP contribution is 2.43. The second kappa shape index (κ2) is 7.00. The molecule has 28 heavy (non-hydrogen) atoms. The number of benzene rings is 2. The van der Waals surface area contributed by atoms with Gasteiger partial charge in [-0.05, 0) is 41.8 Å². The second-order valence-corrected chi connectivity index (χ2v) is 7.25. The van der Waals surface area contributed by atoms with Gasteiger partial charge in [0.2, 0.25) is 11.7 Å². The Morgan fingerprint density at radius 2 is 2.00 bits per heavy atom. The van der Waals surface area contributed by atoms with E-state index in [4.69, 9.17) is 14.0 Å². The van der Waals surface area contributed by atoms with Crippen LogP contribution in [0.25, 0.3) is 0 Å². The van der Waals surface area contributed by atoms with Gasteiger partial charge in [-0.25, -0.2) is 4.39 Å². The molecule has 6 nitrogen and oxygen atoms in total. The average Bonchev–Trinajstić information content (AvgIpc) is 3.43. The van der Waals surface area contributed by atoms with Crippen molar-refractivity contribution in [3.63, 3.8) is 0 Å². The Labute approximate surface area is 161 Å². The van der Waals surface area contributed by atoms with E-state index in [0.717, 1.165) is 19.5 Å². The first-order valence-electron chi connectivity index (χ1n) is 9.35. The fourth-order valence-corrected chi connectivity index (χ4v) is 4.00. The minimum absolute atomic E-state index is 0.176. The van der Waals surface area contributed by atoms with Gasteiger partial charge < -0.3 is 14.0 Å². The van der Waals surface area contributed by atoms with Gasteiger partial charge in [-0.15, -0.1) is 0 Å². The molecule has 1 unspecified atom stereocenters. The summed E-state index contributed by atoms with van der Waals surface area (Å²) >= 11 is 0. The summed E-state index contributed by atoms with van der Waals surface area (Å²) in [7, 11) is 0. The second-order valence-electron chi connectivity index (χ2n) is 7.25. The van der Waals surface area contributed by atoms with Gasteiger partial charge in [0.15, 0.2) is 6.61 Å². The fourth-order valence-electron chi connectivity index (χ4n) is 4.00. The maximum absolute atomic E-state index is 12.9. The molecule has 144 valence electrons. The minimum atomic E-state index is -0.300. The van der Waals surface area contributed by atoms with E-state index >= 15 is 0 Å². The van der Waals surface area contributed by atoms with Crippen LogP contribution in [0, 0.1) is 5.82 Å². The largest absolute Gasteiger partial charge is 0.485 e. The fraction of sp³-hybridized carbons (Fsp3) is 0.333. The Morgan fingerprint density at radius 3 is 2.89 bits per heavy atom. The summed E-state index contributed by atoms with van der Waals surface area (Å²) in [5.41, 5.74) is 2.37. The van der Waals surface area contributed by atoms with E-state index in [1.807, 2.05) is 0 Å². The first-order chi connectivity index (χ1) is 13.7. The molecule has 7 heteroatoms. The molecular formula is C21H20FN3O3. The average molecular weight is 381 g/mol. The van der Waals surface area contributed by atoms with Crippen molar-refractivity contribution in [2.45, 2.75) is 31.8 Å². The smallest absolute Gasteiger partial charge is 0.240 e. The lowest BCUT2D eigenvalue weighted by Gasteiger charge is -2.24. The van der Waals surface area contributed by atoms with Crippen LogP contribution < -0.4 is 4.74 Å². The Kier molecular flexibility index (Phi) is 4.33. The van der Waals surface area contributed by atoms with Gasteiger partial charge in [-0.2, -0.15) is 4.98 Å². The maximum Gasteiger partial charge on any atom is 0.240 e. The van der Waals surface area contributed by atoms with Crippen molar-refractivity contribution in [2.75, 3.05) is 13.1 Å². The Hall–Kier alpha value is -2.77. The predicted molar refractivity (Wildman–Crippen MR) is 97.8 cm³/mol. The minimum Gasteiger partial charge on any atom is -0.485 e. The number of rotatable bonds is 5. The van der Waals surface area contributed by atoms with Gasteiger partial charge in [0.25, 0.3) is 0 Å². The maximum atomic E-state index is 12.9. The SMILES string of the molecule is Fc1ccc(OCc2noc(CN3CCC4(C3)OCc3ccccc34)n2)cc1. The lowest BCUT2D eigenvalue weighted by Crippen LogP contribution is -2.30. The molecule has 1 aromatic heterocycles. The van der Waals surface area contributed by atoms with Gasteiger partial charge in [0.1, 0.15) is 17.2 Å². The van der Waals surface area contributed by atoms with Crippen LogP contribution in [0.5, 0.6) is 5.75 Å². The molecule has 1 fully saturated rings. The van der Waals surface area contributed by atoms with Crippen LogP contribution in [0.3, 0.4) is 0 Å². The lowest BCUT2D eigenvalue weighted by molar-refractivity contribution is -0.0303. The molecular weight excluding hydrogens is 361 g/mol. The molecule has 5 rings (SSSR count). The van der Waals surface area contributed by atoms with Crippen molar-refractivity contribution >= 4 is 0 Å². The Balaban J connectivity index is 1.19. The van der Waals surface area contributed by atoms with Gasteiger partial charge in [-0.3, -0.25) is 4.90 Å². The third-order valence-corrected chi connectivity index (χ3v) is 5.37. The highest BCUT2D eigenvalue weighted by atomic mass is 19.1. The zero-order valence-electron chi connectivity index (χ0n) is 15.3. The summed E-state index contributed by atoms with van der Waals surface area (Å²) in [6, 6.07) is 14.3. The first-order valence-corrected chi connectivity index (χ1v) is 9.35. The van der Waals surface area contributed by atoms with E-state index in [2.05, 4.69) is 39.3 Å². The van der Waals surface area contributed by atoms with Crippen LogP contribution >= 0.6 is 0 Å². The number of hydrogen-bond acceptors (Lipinski definition) is 6. The van der Waals surface area contributed by atoms with E-state index in [0.29, 0.717) is 30.6 Å². The molecule has 2 aromatic carbocycles. The third kappa shape index (κ3) is 3.27. The highest BCUT2D eigenvalue weighted by molar-refractivity contribution is 5.36. The summed E-state index contributed by atoms with van der Waals surface area (Å²) in [6.07, 6.45) is 0.957. The number of nitrogens with zero attached hydrogens (tertiary/aromatic N) is 3. The number of likely N-dealkylation sites (tertiary alicyclic amines) is 1. The number of fused-ring (bicyclic) bond motifs is 2. The molecule has 1 atom stereocenters. The molecule has 3 heterocycles. The van der Waals surface area contributed by atoms with E-state index < -0.39 is 0 Å². The zero-order valence-corrected chi connectivity index (χ0v) is 15.3. The van der Waals surface area contributed by atoms with Crippen molar-refractivity contribution < 1.29 is 18.4 Å². The quantitative estimate of drug-likeness (QED) is 0.675. The van der Waals surface area contributed by atoms with Crippen LogP contribution in [0.1, 0.15) is 29.3 Å². The van der Waals surface area contributed by atoms with Crippen LogP contribution in [0.2, 0.25) is 0 Å². The van der Waals surface area contributed by atoms with E-state index in [-0.39, 0.29) is 18.0 Å². The summed E-state index contributed by atoms with van der Waals surface area (Å²) in [4.78, 5) is 6.68. The first kappa shape index (κ1) is 17.3. The molecule has 0 amide bonds. The number of aromatic nitrogens is 2. The van der Waals surface area contributed by atoms with Crippen LogP contribution in [-0.2, 0) is 30.1 Å². The highest BCUT2D eigenvalue weighted by Gasteiger charge is 2.45. The van der Waals surface area contributed by atoms with Crippen molar-refractivity contribution in [1.29, 1.82) is 0 Å². The monoisotopic (exact) mass is 381 g/mol. The zero-order chi connectivity index (χ0) is 19.0. The van der Waals surface area contributed by atoms with Crippen molar-refractivity contribution in [3.8, 4) is 5.75 Å². The molecule has 1 spiro atoms. The normalized spacial score (nSPS) is 21.3. The molecule has 0 bridgehead atoms. The molecule has 1 saturated heterocycles. The van der Waals surface area contributed by atoms with Crippen molar-refractivity contribution in [3.05, 3.63) is 77.2 Å². The number of halogens is 1. The van der Waals surface area contributed by atoms with E-state index in [1.165, 1.54) is 23.3 Å². The van der Waals surface area contributed by atoms with Crippen LogP contribution in [0.4, 0.5) is 4.39 Å². The molecule has 0 saturated carbocycles. The molecule has 0 aliphatic carbocycles.